The Hall–Kier alpha value is -4.20. The Labute approximate surface area is 236 Å². The minimum atomic E-state index is -3.60. The van der Waals surface area contributed by atoms with E-state index in [0.29, 0.717) is 28.0 Å². The van der Waals surface area contributed by atoms with Crippen LogP contribution < -0.4 is 15.4 Å². The Kier molecular flexibility index (Phi) is 9.19. The van der Waals surface area contributed by atoms with Gasteiger partial charge in [-0.1, -0.05) is 30.0 Å². The topological polar surface area (TPSA) is 136 Å². The number of anilines is 1. The Morgan fingerprint density at radius 2 is 1.62 bits per heavy atom. The van der Waals surface area contributed by atoms with Crippen LogP contribution in [0.4, 0.5) is 5.69 Å². The molecule has 0 aliphatic rings. The molecule has 1 heterocycles. The number of hydrogen-bond donors (Lipinski definition) is 2. The molecule has 0 aliphatic carbocycles. The number of carbonyl (C=O) groups is 2. The van der Waals surface area contributed by atoms with E-state index in [1.54, 1.807) is 35.9 Å². The van der Waals surface area contributed by atoms with Gasteiger partial charge in [0.05, 0.1) is 24.3 Å². The third-order valence-corrected chi connectivity index (χ3v) is 8.48. The molecule has 0 spiro atoms. The predicted octanol–water partition coefficient (Wildman–Crippen LogP) is 3.19. The van der Waals surface area contributed by atoms with E-state index in [-0.39, 0.29) is 23.1 Å². The normalized spacial score (nSPS) is 11.3. The average Bonchev–Trinajstić information content (AvgIpc) is 3.38. The van der Waals surface area contributed by atoms with E-state index in [9.17, 15) is 18.0 Å². The Balaban J connectivity index is 1.45. The summed E-state index contributed by atoms with van der Waals surface area (Å²) in [6.07, 6.45) is 0. The van der Waals surface area contributed by atoms with Crippen LogP contribution in [0.5, 0.6) is 5.75 Å². The summed E-state index contributed by atoms with van der Waals surface area (Å²) >= 11 is 1.21. The third-order valence-electron chi connectivity index (χ3n) is 5.72. The van der Waals surface area contributed by atoms with Gasteiger partial charge >= 0.3 is 0 Å². The average molecular weight is 581 g/mol. The second-order valence-corrected chi connectivity index (χ2v) is 11.7. The van der Waals surface area contributed by atoms with Gasteiger partial charge in [-0.05, 0) is 60.7 Å². The molecule has 11 nitrogen and oxygen atoms in total. The summed E-state index contributed by atoms with van der Waals surface area (Å²) in [6.45, 7) is 0.0527. The number of nitrogens with zero attached hydrogens (tertiary/aromatic N) is 4. The van der Waals surface area contributed by atoms with Crippen molar-refractivity contribution in [3.05, 3.63) is 90.3 Å². The van der Waals surface area contributed by atoms with Gasteiger partial charge in [-0.25, -0.2) is 12.7 Å². The molecule has 2 amide bonds. The van der Waals surface area contributed by atoms with Crippen molar-refractivity contribution < 1.29 is 22.7 Å². The SMILES string of the molecule is COc1ccc(NC(=O)CSc2nnc(CNC(=O)c3ccc(S(=O)(=O)N(C)C)cc3)n2-c2ccccc2)cc1. The Bertz CT molecular complexity index is 1570. The van der Waals surface area contributed by atoms with E-state index in [1.165, 1.54) is 50.1 Å². The molecule has 1 aromatic heterocycles. The van der Waals surface area contributed by atoms with E-state index in [1.807, 2.05) is 30.3 Å². The molecule has 0 fully saturated rings. The molecule has 4 rings (SSSR count). The van der Waals surface area contributed by atoms with Gasteiger partial charge in [-0.3, -0.25) is 14.2 Å². The van der Waals surface area contributed by atoms with Crippen molar-refractivity contribution in [1.29, 1.82) is 0 Å². The van der Waals surface area contributed by atoms with E-state index in [0.717, 1.165) is 9.99 Å². The van der Waals surface area contributed by atoms with Gasteiger partial charge in [0.15, 0.2) is 11.0 Å². The number of ether oxygens (including phenoxy) is 1. The van der Waals surface area contributed by atoms with Crippen molar-refractivity contribution in [2.75, 3.05) is 32.3 Å². The Morgan fingerprint density at radius 3 is 2.25 bits per heavy atom. The van der Waals surface area contributed by atoms with Crippen LogP contribution in [-0.4, -0.2) is 66.3 Å². The summed E-state index contributed by atoms with van der Waals surface area (Å²) in [6, 6.07) is 22.1. The standard InChI is InChI=1S/C27H28N6O5S2/c1-32(2)40(36,37)23-15-9-19(10-16-23)26(35)28-17-24-30-31-27(33(24)21-7-5-4-6-8-21)39-18-25(34)29-20-11-13-22(38-3)14-12-20/h4-16H,17-18H2,1-3H3,(H,28,35)(H,29,34). The molecule has 0 bridgehead atoms. The largest absolute Gasteiger partial charge is 0.497 e. The fraction of sp³-hybridized carbons (Fsp3) is 0.185. The number of sulfonamides is 1. The number of para-hydroxylation sites is 1. The maximum Gasteiger partial charge on any atom is 0.251 e. The molecule has 0 unspecified atom stereocenters. The van der Waals surface area contributed by atoms with Gasteiger partial charge in [-0.15, -0.1) is 10.2 Å². The molecule has 0 atom stereocenters. The van der Waals surface area contributed by atoms with Crippen molar-refractivity contribution in [3.63, 3.8) is 0 Å². The highest BCUT2D eigenvalue weighted by atomic mass is 32.2. The van der Waals surface area contributed by atoms with E-state index < -0.39 is 15.9 Å². The molecule has 0 saturated carbocycles. The molecular weight excluding hydrogens is 552 g/mol. The first-order valence-electron chi connectivity index (χ1n) is 12.1. The van der Waals surface area contributed by atoms with Crippen LogP contribution in [0.25, 0.3) is 5.69 Å². The van der Waals surface area contributed by atoms with Crippen LogP contribution >= 0.6 is 11.8 Å². The van der Waals surface area contributed by atoms with Gasteiger partial charge in [-0.2, -0.15) is 0 Å². The molecule has 0 radical (unpaired) electrons. The van der Waals surface area contributed by atoms with Crippen LogP contribution in [0, 0.1) is 0 Å². The highest BCUT2D eigenvalue weighted by molar-refractivity contribution is 7.99. The van der Waals surface area contributed by atoms with Gasteiger partial charge in [0.1, 0.15) is 5.75 Å². The second-order valence-electron chi connectivity index (χ2n) is 8.63. The number of thioether (sulfide) groups is 1. The van der Waals surface area contributed by atoms with Gasteiger partial charge in [0.2, 0.25) is 15.9 Å². The van der Waals surface area contributed by atoms with E-state index >= 15 is 0 Å². The third kappa shape index (κ3) is 6.86. The first-order valence-corrected chi connectivity index (χ1v) is 14.5. The zero-order valence-corrected chi connectivity index (χ0v) is 23.7. The fourth-order valence-electron chi connectivity index (χ4n) is 3.60. The molecule has 40 heavy (non-hydrogen) atoms. The molecule has 0 saturated heterocycles. The fourth-order valence-corrected chi connectivity index (χ4v) is 5.27. The highest BCUT2D eigenvalue weighted by Gasteiger charge is 2.19. The van der Waals surface area contributed by atoms with Crippen LogP contribution in [0.1, 0.15) is 16.2 Å². The zero-order chi connectivity index (χ0) is 28.7. The molecule has 208 valence electrons. The number of methoxy groups -OCH3 is 1. The summed E-state index contributed by atoms with van der Waals surface area (Å²) < 4.78 is 32.6. The molecule has 0 aliphatic heterocycles. The lowest BCUT2D eigenvalue weighted by Gasteiger charge is -2.12. The Morgan fingerprint density at radius 1 is 0.950 bits per heavy atom. The number of benzene rings is 3. The van der Waals surface area contributed by atoms with Gasteiger partial charge in [0.25, 0.3) is 5.91 Å². The molecular formula is C27H28N6O5S2. The number of rotatable bonds is 11. The first kappa shape index (κ1) is 28.8. The summed E-state index contributed by atoms with van der Waals surface area (Å²) in [5, 5.41) is 14.6. The summed E-state index contributed by atoms with van der Waals surface area (Å²) in [5.74, 6) is 0.629. The monoisotopic (exact) mass is 580 g/mol. The number of hydrogen-bond acceptors (Lipinski definition) is 8. The minimum absolute atomic E-state index is 0.0527. The van der Waals surface area contributed by atoms with E-state index in [4.69, 9.17) is 4.74 Å². The summed E-state index contributed by atoms with van der Waals surface area (Å²) in [4.78, 5) is 25.5. The van der Waals surface area contributed by atoms with Gasteiger partial charge in [0, 0.05) is 31.0 Å². The molecule has 3 aromatic carbocycles. The van der Waals surface area contributed by atoms with Crippen molar-refractivity contribution in [3.8, 4) is 11.4 Å². The predicted molar refractivity (Wildman–Crippen MR) is 152 cm³/mol. The quantitative estimate of drug-likeness (QED) is 0.258. The smallest absolute Gasteiger partial charge is 0.251 e. The molecule has 2 N–H and O–H groups in total. The number of nitrogens with one attached hydrogen (secondary N) is 2. The first-order chi connectivity index (χ1) is 19.2. The summed E-state index contributed by atoms with van der Waals surface area (Å²) in [5.41, 5.74) is 1.72. The molecule has 4 aromatic rings. The molecule has 13 heteroatoms. The number of carbonyl (C=O) groups excluding carboxylic acids is 2. The number of amides is 2. The lowest BCUT2D eigenvalue weighted by Crippen LogP contribution is -2.25. The van der Waals surface area contributed by atoms with E-state index in [2.05, 4.69) is 20.8 Å². The maximum atomic E-state index is 12.8. The maximum absolute atomic E-state index is 12.8. The lowest BCUT2D eigenvalue weighted by molar-refractivity contribution is -0.113. The lowest BCUT2D eigenvalue weighted by atomic mass is 10.2. The van der Waals surface area contributed by atoms with Gasteiger partial charge < -0.3 is 15.4 Å². The van der Waals surface area contributed by atoms with Crippen molar-refractivity contribution in [1.82, 2.24) is 24.4 Å². The summed E-state index contributed by atoms with van der Waals surface area (Å²) in [7, 11) is 0.864. The highest BCUT2D eigenvalue weighted by Crippen LogP contribution is 2.23. The van der Waals surface area contributed by atoms with Crippen LogP contribution in [0.2, 0.25) is 0 Å². The van der Waals surface area contributed by atoms with Crippen LogP contribution in [0.15, 0.2) is 88.9 Å². The van der Waals surface area contributed by atoms with Crippen molar-refractivity contribution >= 4 is 39.3 Å². The minimum Gasteiger partial charge on any atom is -0.497 e. The van der Waals surface area contributed by atoms with Crippen LogP contribution in [0.3, 0.4) is 0 Å². The van der Waals surface area contributed by atoms with Crippen molar-refractivity contribution in [2.24, 2.45) is 0 Å². The van der Waals surface area contributed by atoms with Crippen molar-refractivity contribution in [2.45, 2.75) is 16.6 Å². The zero-order valence-electron chi connectivity index (χ0n) is 22.1. The number of aromatic nitrogens is 3. The second kappa shape index (κ2) is 12.8. The van der Waals surface area contributed by atoms with Crippen LogP contribution in [-0.2, 0) is 21.4 Å².